The van der Waals surface area contributed by atoms with Gasteiger partial charge in [-0.25, -0.2) is 9.59 Å². The number of nitrogens with one attached hydrogen (secondary N) is 1. The molecule has 0 saturated heterocycles. The molecule has 2 rings (SSSR count). The highest BCUT2D eigenvalue weighted by molar-refractivity contribution is 5.96. The van der Waals surface area contributed by atoms with Crippen LogP contribution in [0.25, 0.3) is 0 Å². The number of ether oxygens (including phenoxy) is 3. The predicted molar refractivity (Wildman–Crippen MR) is 88.3 cm³/mol. The average molecular weight is 347 g/mol. The molecule has 1 atom stereocenters. The Morgan fingerprint density at radius 1 is 1.08 bits per heavy atom. The Kier molecular flexibility index (Phi) is 5.67. The van der Waals surface area contributed by atoms with Gasteiger partial charge in [0.2, 0.25) is 6.29 Å². The minimum Gasteiger partial charge on any atom is -0.505 e. The number of rotatable bonds is 6. The third-order valence-electron chi connectivity index (χ3n) is 3.14. The normalized spacial score (nSPS) is 11.3. The Labute approximate surface area is 143 Å². The van der Waals surface area contributed by atoms with Crippen molar-refractivity contribution in [1.29, 1.82) is 0 Å². The molecule has 8 nitrogen and oxygen atoms in total. The summed E-state index contributed by atoms with van der Waals surface area (Å²) in [5.74, 6) is -0.745. The maximum absolute atomic E-state index is 11.9. The van der Waals surface area contributed by atoms with Crippen molar-refractivity contribution in [1.82, 2.24) is 0 Å². The Bertz CT molecular complexity index is 758. The molecule has 0 aliphatic heterocycles. The van der Waals surface area contributed by atoms with Gasteiger partial charge in [-0.1, -0.05) is 6.07 Å². The van der Waals surface area contributed by atoms with Crippen molar-refractivity contribution in [2.75, 3.05) is 12.4 Å². The molecular formula is C17H17NO7. The number of hydrogen-bond acceptors (Lipinski definition) is 6. The lowest BCUT2D eigenvalue weighted by Crippen LogP contribution is -2.24. The van der Waals surface area contributed by atoms with Gasteiger partial charge in [0.1, 0.15) is 17.1 Å². The van der Waals surface area contributed by atoms with Crippen molar-refractivity contribution in [3.05, 3.63) is 48.0 Å². The third kappa shape index (κ3) is 4.77. The van der Waals surface area contributed by atoms with Gasteiger partial charge in [0, 0.05) is 6.92 Å². The fraction of sp³-hybridized carbons (Fsp3) is 0.176. The first-order chi connectivity index (χ1) is 11.9. The van der Waals surface area contributed by atoms with Crippen molar-refractivity contribution in [2.45, 2.75) is 13.2 Å². The van der Waals surface area contributed by atoms with Crippen LogP contribution in [0.4, 0.5) is 10.5 Å². The first kappa shape index (κ1) is 17.9. The molecule has 8 heteroatoms. The van der Waals surface area contributed by atoms with Crippen molar-refractivity contribution < 1.29 is 34.0 Å². The second-order valence-corrected chi connectivity index (χ2v) is 4.90. The van der Waals surface area contributed by atoms with Gasteiger partial charge in [0.05, 0.1) is 12.8 Å². The zero-order chi connectivity index (χ0) is 18.4. The number of carbonyl (C=O) groups excluding carboxylic acids is 1. The van der Waals surface area contributed by atoms with Gasteiger partial charge in [0.15, 0.2) is 5.75 Å². The summed E-state index contributed by atoms with van der Waals surface area (Å²) >= 11 is 0. The van der Waals surface area contributed by atoms with Gasteiger partial charge in [-0.3, -0.25) is 5.32 Å². The number of carboxylic acid groups (broad SMARTS) is 1. The van der Waals surface area contributed by atoms with E-state index in [0.29, 0.717) is 11.5 Å². The lowest BCUT2D eigenvalue weighted by molar-refractivity contribution is -0.0119. The summed E-state index contributed by atoms with van der Waals surface area (Å²) in [5.41, 5.74) is -0.415. The van der Waals surface area contributed by atoms with E-state index in [2.05, 4.69) is 5.32 Å². The maximum Gasteiger partial charge on any atom is 0.414 e. The minimum absolute atomic E-state index is 0.0819. The molecule has 1 unspecified atom stereocenters. The number of hydrogen-bond donors (Lipinski definition) is 3. The molecule has 0 spiro atoms. The van der Waals surface area contributed by atoms with E-state index < -0.39 is 24.1 Å². The molecule has 0 fully saturated rings. The third-order valence-corrected chi connectivity index (χ3v) is 3.14. The number of aromatic carboxylic acids is 1. The number of methoxy groups -OCH3 is 1. The van der Waals surface area contributed by atoms with E-state index >= 15 is 0 Å². The second kappa shape index (κ2) is 7.91. The maximum atomic E-state index is 11.9. The van der Waals surface area contributed by atoms with Crippen LogP contribution >= 0.6 is 0 Å². The molecule has 0 aromatic heterocycles. The highest BCUT2D eigenvalue weighted by atomic mass is 16.7. The summed E-state index contributed by atoms with van der Waals surface area (Å²) in [6.45, 7) is 1.51. The molecule has 25 heavy (non-hydrogen) atoms. The summed E-state index contributed by atoms with van der Waals surface area (Å²) in [4.78, 5) is 22.8. The largest absolute Gasteiger partial charge is 0.505 e. The predicted octanol–water partition coefficient (Wildman–Crippen LogP) is 3.07. The summed E-state index contributed by atoms with van der Waals surface area (Å²) in [6.07, 6.45) is -1.82. The fourth-order valence-electron chi connectivity index (χ4n) is 1.98. The van der Waals surface area contributed by atoms with Gasteiger partial charge < -0.3 is 24.4 Å². The van der Waals surface area contributed by atoms with E-state index in [9.17, 15) is 14.7 Å². The lowest BCUT2D eigenvalue weighted by atomic mass is 10.2. The first-order valence-corrected chi connectivity index (χ1v) is 7.24. The number of carboxylic acids is 1. The number of amides is 1. The number of aromatic hydroxyl groups is 1. The molecule has 0 heterocycles. The Morgan fingerprint density at radius 3 is 2.32 bits per heavy atom. The van der Waals surface area contributed by atoms with Crippen molar-refractivity contribution in [3.8, 4) is 17.2 Å². The molecule has 132 valence electrons. The Hall–Kier alpha value is -3.42. The highest BCUT2D eigenvalue weighted by Crippen LogP contribution is 2.27. The molecule has 0 aliphatic rings. The van der Waals surface area contributed by atoms with Crippen LogP contribution in [0.2, 0.25) is 0 Å². The molecule has 0 radical (unpaired) electrons. The van der Waals surface area contributed by atoms with E-state index in [0.717, 1.165) is 0 Å². The number of benzene rings is 2. The standard InChI is InChI=1S/C17H17NO7/c1-10(24-12-8-6-11(23-2)7-9-12)25-17(22)18-14-5-3-4-13(15(14)19)16(20)21/h3-10,19H,1-2H3,(H,18,22)(H,20,21). The van der Waals surface area contributed by atoms with Crippen LogP contribution in [0.1, 0.15) is 17.3 Å². The van der Waals surface area contributed by atoms with Crippen LogP contribution in [0.15, 0.2) is 42.5 Å². The van der Waals surface area contributed by atoms with Crippen LogP contribution < -0.4 is 14.8 Å². The highest BCUT2D eigenvalue weighted by Gasteiger charge is 2.17. The fourth-order valence-corrected chi connectivity index (χ4v) is 1.98. The molecule has 0 saturated carbocycles. The van der Waals surface area contributed by atoms with Crippen molar-refractivity contribution >= 4 is 17.7 Å². The van der Waals surface area contributed by atoms with Gasteiger partial charge in [0.25, 0.3) is 0 Å². The molecule has 2 aromatic rings. The van der Waals surface area contributed by atoms with Gasteiger partial charge in [-0.15, -0.1) is 0 Å². The summed E-state index contributed by atoms with van der Waals surface area (Å²) in [6, 6.07) is 10.6. The Morgan fingerprint density at radius 2 is 1.72 bits per heavy atom. The number of para-hydroxylation sites is 1. The molecule has 2 aromatic carbocycles. The van der Waals surface area contributed by atoms with Crippen molar-refractivity contribution in [3.63, 3.8) is 0 Å². The zero-order valence-electron chi connectivity index (χ0n) is 13.6. The molecule has 1 amide bonds. The zero-order valence-corrected chi connectivity index (χ0v) is 13.6. The summed E-state index contributed by atoms with van der Waals surface area (Å²) in [5, 5.41) is 21.0. The van der Waals surface area contributed by atoms with E-state index in [1.807, 2.05) is 0 Å². The van der Waals surface area contributed by atoms with Crippen LogP contribution in [0, 0.1) is 0 Å². The number of anilines is 1. The van der Waals surface area contributed by atoms with E-state index in [1.54, 1.807) is 31.4 Å². The van der Waals surface area contributed by atoms with E-state index in [1.165, 1.54) is 25.1 Å². The average Bonchev–Trinajstić information content (AvgIpc) is 2.57. The van der Waals surface area contributed by atoms with Crippen molar-refractivity contribution in [2.24, 2.45) is 0 Å². The van der Waals surface area contributed by atoms with Gasteiger partial charge >= 0.3 is 12.1 Å². The topological polar surface area (TPSA) is 114 Å². The van der Waals surface area contributed by atoms with E-state index in [-0.39, 0.29) is 11.3 Å². The summed E-state index contributed by atoms with van der Waals surface area (Å²) in [7, 11) is 1.54. The molecule has 0 bridgehead atoms. The van der Waals surface area contributed by atoms with Crippen LogP contribution in [0.3, 0.4) is 0 Å². The number of phenols is 1. The summed E-state index contributed by atoms with van der Waals surface area (Å²) < 4.78 is 15.5. The van der Waals surface area contributed by atoms with Gasteiger partial charge in [-0.2, -0.15) is 0 Å². The number of carbonyl (C=O) groups is 2. The molecular weight excluding hydrogens is 330 g/mol. The lowest BCUT2D eigenvalue weighted by Gasteiger charge is -2.16. The molecule has 0 aliphatic carbocycles. The SMILES string of the molecule is COc1ccc(OC(C)OC(=O)Nc2cccc(C(=O)O)c2O)cc1. The van der Waals surface area contributed by atoms with Gasteiger partial charge in [-0.05, 0) is 36.4 Å². The Balaban J connectivity index is 1.95. The second-order valence-electron chi connectivity index (χ2n) is 4.90. The smallest absolute Gasteiger partial charge is 0.414 e. The van der Waals surface area contributed by atoms with Crippen LogP contribution in [-0.4, -0.2) is 35.7 Å². The van der Waals surface area contributed by atoms with Crippen LogP contribution in [-0.2, 0) is 4.74 Å². The molecule has 3 N–H and O–H groups in total. The van der Waals surface area contributed by atoms with Crippen LogP contribution in [0.5, 0.6) is 17.2 Å². The minimum atomic E-state index is -1.31. The monoisotopic (exact) mass is 347 g/mol. The van der Waals surface area contributed by atoms with E-state index in [4.69, 9.17) is 19.3 Å². The quantitative estimate of drug-likeness (QED) is 0.543. The first-order valence-electron chi connectivity index (χ1n) is 7.24.